The van der Waals surface area contributed by atoms with Gasteiger partial charge in [-0.05, 0) is 80.3 Å². The zero-order valence-corrected chi connectivity index (χ0v) is 28.9. The molecule has 11 nitrogen and oxygen atoms in total. The zero-order chi connectivity index (χ0) is 35.8. The van der Waals surface area contributed by atoms with E-state index in [1.807, 2.05) is 56.3 Å². The van der Waals surface area contributed by atoms with Gasteiger partial charge in [0, 0.05) is 53.7 Å². The van der Waals surface area contributed by atoms with E-state index in [1.165, 1.54) is 6.07 Å². The molecule has 0 saturated carbocycles. The molecule has 2 N–H and O–H groups in total. The Bertz CT molecular complexity index is 2400. The molecular formula is C40H37FN8O3. The molecule has 0 aliphatic carbocycles. The molecule has 1 atom stereocenters. The molecule has 5 heterocycles. The third-order valence-corrected chi connectivity index (χ3v) is 9.82. The number of aromatic nitrogens is 5. The van der Waals surface area contributed by atoms with Gasteiger partial charge < -0.3 is 19.4 Å². The van der Waals surface area contributed by atoms with E-state index in [1.54, 1.807) is 18.2 Å². The van der Waals surface area contributed by atoms with Crippen LogP contribution in [0.25, 0.3) is 32.4 Å². The molecule has 1 fully saturated rings. The molecular weight excluding hydrogens is 659 g/mol. The quantitative estimate of drug-likeness (QED) is 0.142. The van der Waals surface area contributed by atoms with Crippen LogP contribution < -0.4 is 10.1 Å². The zero-order valence-electron chi connectivity index (χ0n) is 28.9. The van der Waals surface area contributed by atoms with Crippen LogP contribution in [0.15, 0.2) is 72.8 Å². The minimum Gasteiger partial charge on any atom is -0.473 e. The number of aryl methyl sites for hydroxylation is 2. The number of H-pyrrole nitrogens is 1. The first kappa shape index (κ1) is 33.3. The molecule has 0 radical (unpaired) electrons. The fourth-order valence-corrected chi connectivity index (χ4v) is 6.79. The van der Waals surface area contributed by atoms with Gasteiger partial charge in [0.2, 0.25) is 5.88 Å². The number of nitrogens with one attached hydrogen (secondary N) is 2. The first-order valence-corrected chi connectivity index (χ1v) is 17.4. The third kappa shape index (κ3) is 6.76. The van der Waals surface area contributed by atoms with Gasteiger partial charge in [-0.3, -0.25) is 14.8 Å². The lowest BCUT2D eigenvalue weighted by Gasteiger charge is -2.29. The van der Waals surface area contributed by atoms with Crippen molar-refractivity contribution in [1.82, 2.24) is 29.6 Å². The highest BCUT2D eigenvalue weighted by atomic mass is 19.1. The summed E-state index contributed by atoms with van der Waals surface area (Å²) in [5.74, 6) is 0.724. The van der Waals surface area contributed by atoms with Gasteiger partial charge in [0.15, 0.2) is 5.69 Å². The van der Waals surface area contributed by atoms with Crippen LogP contribution in [-0.2, 0) is 24.4 Å². The summed E-state index contributed by atoms with van der Waals surface area (Å²) in [6.45, 7) is 14.7. The number of hydrogen-bond acceptors (Lipinski definition) is 7. The van der Waals surface area contributed by atoms with Gasteiger partial charge in [-0.25, -0.2) is 19.2 Å². The third-order valence-electron chi connectivity index (χ3n) is 9.82. The van der Waals surface area contributed by atoms with Crippen molar-refractivity contribution in [2.45, 2.75) is 52.5 Å². The van der Waals surface area contributed by atoms with Gasteiger partial charge in [0.05, 0.1) is 48.0 Å². The number of fused-ring (bicyclic) bond motifs is 2. The molecule has 0 bridgehead atoms. The Balaban J connectivity index is 0.966. The highest BCUT2D eigenvalue weighted by Crippen LogP contribution is 2.29. The minimum atomic E-state index is -0.467. The molecule has 0 spiro atoms. The summed E-state index contributed by atoms with van der Waals surface area (Å²) >= 11 is 0. The summed E-state index contributed by atoms with van der Waals surface area (Å²) < 4.78 is 28.3. The Morgan fingerprint density at radius 2 is 2.02 bits per heavy atom. The Labute approximate surface area is 299 Å². The predicted molar refractivity (Wildman–Crippen MR) is 197 cm³/mol. The Morgan fingerprint density at radius 1 is 1.13 bits per heavy atom. The van der Waals surface area contributed by atoms with Crippen molar-refractivity contribution in [3.05, 3.63) is 124 Å². The topological polar surface area (TPSA) is 115 Å². The van der Waals surface area contributed by atoms with Crippen LogP contribution >= 0.6 is 0 Å². The van der Waals surface area contributed by atoms with Crippen LogP contribution in [0.4, 0.5) is 15.8 Å². The van der Waals surface area contributed by atoms with E-state index in [9.17, 15) is 9.18 Å². The number of aromatic amines is 1. The number of nitrogens with zero attached hydrogens (tertiary/aromatic N) is 6. The Kier molecular flexibility index (Phi) is 8.97. The predicted octanol–water partition coefficient (Wildman–Crippen LogP) is 7.52. The highest BCUT2D eigenvalue weighted by molar-refractivity contribution is 6.07. The van der Waals surface area contributed by atoms with E-state index in [-0.39, 0.29) is 24.3 Å². The largest absolute Gasteiger partial charge is 0.473 e. The number of rotatable bonds is 10. The van der Waals surface area contributed by atoms with Gasteiger partial charge in [-0.1, -0.05) is 24.3 Å². The lowest BCUT2D eigenvalue weighted by Crippen LogP contribution is -2.33. The maximum atomic E-state index is 14.4. The second-order valence-electron chi connectivity index (χ2n) is 13.4. The smallest absolute Gasteiger partial charge is 0.255 e. The van der Waals surface area contributed by atoms with E-state index in [2.05, 4.69) is 35.9 Å². The van der Waals surface area contributed by atoms with Crippen LogP contribution in [0.1, 0.15) is 51.5 Å². The number of carbonyl (C=O) groups excluding carboxylic acids is 1. The lowest BCUT2D eigenvalue weighted by molar-refractivity contribution is -0.0591. The number of anilines is 1. The molecule has 52 heavy (non-hydrogen) atoms. The van der Waals surface area contributed by atoms with E-state index in [4.69, 9.17) is 26.0 Å². The second kappa shape index (κ2) is 14.0. The van der Waals surface area contributed by atoms with Gasteiger partial charge in [0.25, 0.3) is 5.91 Å². The summed E-state index contributed by atoms with van der Waals surface area (Å²) in [6.07, 6.45) is 4.12. The summed E-state index contributed by atoms with van der Waals surface area (Å²) in [5.41, 5.74) is 8.44. The molecule has 1 saturated heterocycles. The number of carbonyl (C=O) groups is 1. The number of hydrogen-bond donors (Lipinski definition) is 2. The first-order valence-electron chi connectivity index (χ1n) is 17.4. The van der Waals surface area contributed by atoms with Crippen molar-refractivity contribution in [2.75, 3.05) is 25.0 Å². The van der Waals surface area contributed by atoms with Gasteiger partial charge in [0.1, 0.15) is 18.2 Å². The number of imidazole rings is 1. The van der Waals surface area contributed by atoms with Crippen molar-refractivity contribution in [3.63, 3.8) is 0 Å². The van der Waals surface area contributed by atoms with E-state index >= 15 is 0 Å². The van der Waals surface area contributed by atoms with Crippen LogP contribution in [0, 0.1) is 26.2 Å². The van der Waals surface area contributed by atoms with E-state index < -0.39 is 5.82 Å². The molecule has 3 aromatic heterocycles. The van der Waals surface area contributed by atoms with Crippen molar-refractivity contribution in [2.24, 2.45) is 0 Å². The molecule has 8 rings (SSSR count). The number of halogens is 1. The fraction of sp³-hybridized carbons (Fsp3) is 0.275. The standard InChI is InChI=1S/C40H37FN8O3/c1-24-17-28(18-32-25(2)46-47-39(24)32)40(50)43-30-9-10-35-36(20-30)49(21-31-13-16-51-31)37(44-35)22-48-14-11-26(12-15-48)34-5-4-6-38(45-34)52-23-27-7-8-29(42-3)19-33(27)41/h4-11,17-20,31H,12-16,21-23H2,1-2H3,(H,43,50)(H,46,47). The number of pyridine rings is 1. The maximum absolute atomic E-state index is 14.4. The normalized spacial score (nSPS) is 16.0. The van der Waals surface area contributed by atoms with Crippen molar-refractivity contribution < 1.29 is 18.7 Å². The van der Waals surface area contributed by atoms with Gasteiger partial charge >= 0.3 is 0 Å². The molecule has 6 aromatic rings. The number of amides is 1. The summed E-state index contributed by atoms with van der Waals surface area (Å²) in [4.78, 5) is 28.8. The number of benzene rings is 3. The van der Waals surface area contributed by atoms with Crippen molar-refractivity contribution in [3.8, 4) is 5.88 Å². The number of ether oxygens (including phenoxy) is 2. The first-order chi connectivity index (χ1) is 25.3. The molecule has 1 amide bonds. The molecule has 12 heteroatoms. The van der Waals surface area contributed by atoms with Crippen molar-refractivity contribution in [1.29, 1.82) is 0 Å². The Morgan fingerprint density at radius 3 is 2.79 bits per heavy atom. The van der Waals surface area contributed by atoms with E-state index in [0.29, 0.717) is 35.8 Å². The fourth-order valence-electron chi connectivity index (χ4n) is 6.79. The van der Waals surface area contributed by atoms with Crippen LogP contribution in [-0.4, -0.2) is 61.3 Å². The lowest BCUT2D eigenvalue weighted by atomic mass is 10.0. The van der Waals surface area contributed by atoms with Crippen LogP contribution in [0.2, 0.25) is 0 Å². The molecule has 2 aliphatic heterocycles. The summed E-state index contributed by atoms with van der Waals surface area (Å²) in [7, 11) is 0. The second-order valence-corrected chi connectivity index (χ2v) is 13.4. The van der Waals surface area contributed by atoms with Crippen LogP contribution in [0.3, 0.4) is 0 Å². The molecule has 2 aliphatic rings. The average molecular weight is 697 g/mol. The molecule has 262 valence electrons. The maximum Gasteiger partial charge on any atom is 0.255 e. The van der Waals surface area contributed by atoms with Gasteiger partial charge in [-0.2, -0.15) is 5.10 Å². The van der Waals surface area contributed by atoms with Gasteiger partial charge in [-0.15, -0.1) is 0 Å². The summed E-state index contributed by atoms with van der Waals surface area (Å²) in [6, 6.07) is 19.6. The monoisotopic (exact) mass is 696 g/mol. The Hall–Kier alpha value is -5.90. The van der Waals surface area contributed by atoms with Crippen molar-refractivity contribution >= 4 is 44.8 Å². The highest BCUT2D eigenvalue weighted by Gasteiger charge is 2.24. The minimum absolute atomic E-state index is 0.0237. The summed E-state index contributed by atoms with van der Waals surface area (Å²) in [5, 5.41) is 11.4. The van der Waals surface area contributed by atoms with Crippen LogP contribution in [0.5, 0.6) is 5.88 Å². The molecule has 1 unspecified atom stereocenters. The molecule has 3 aromatic carbocycles. The average Bonchev–Trinajstić information content (AvgIpc) is 3.68. The SMILES string of the molecule is [C-]#[N+]c1ccc(COc2cccc(C3=CCN(Cc4nc5ccc(NC(=O)c6cc(C)c7n[nH]c(C)c7c6)cc5n4CC4CCO4)CC3)n2)c(F)c1. The van der Waals surface area contributed by atoms with E-state index in [0.717, 1.165) is 82.8 Å².